The van der Waals surface area contributed by atoms with Gasteiger partial charge in [0.25, 0.3) is 0 Å². The highest BCUT2D eigenvalue weighted by molar-refractivity contribution is 5.25. The second-order valence-corrected chi connectivity index (χ2v) is 4.05. The first kappa shape index (κ1) is 9.68. The van der Waals surface area contributed by atoms with Crippen molar-refractivity contribution < 1.29 is 0 Å². The van der Waals surface area contributed by atoms with Gasteiger partial charge >= 0.3 is 0 Å². The highest BCUT2D eigenvalue weighted by Gasteiger charge is 2.29. The van der Waals surface area contributed by atoms with E-state index < -0.39 is 0 Å². The van der Waals surface area contributed by atoms with Gasteiger partial charge in [-0.2, -0.15) is 5.10 Å². The second-order valence-electron chi connectivity index (χ2n) is 4.05. The monoisotopic (exact) mass is 194 g/mol. The Bertz CT molecular complexity index is 307. The van der Waals surface area contributed by atoms with Gasteiger partial charge in [0.05, 0.1) is 12.2 Å². The molecule has 0 radical (unpaired) electrons. The maximum Gasteiger partial charge on any atom is 0.0538 e. The van der Waals surface area contributed by atoms with Gasteiger partial charge in [0, 0.05) is 30.3 Å². The van der Waals surface area contributed by atoms with Crippen LogP contribution in [0.1, 0.15) is 30.6 Å². The van der Waals surface area contributed by atoms with Crippen molar-refractivity contribution in [1.29, 1.82) is 0 Å². The topological polar surface area (TPSA) is 57.9 Å². The van der Waals surface area contributed by atoms with Crippen LogP contribution in [-0.4, -0.2) is 34.7 Å². The Morgan fingerprint density at radius 2 is 2.57 bits per heavy atom. The predicted octanol–water partition coefficient (Wildman–Crippen LogP) is 0.676. The lowest BCUT2D eigenvalue weighted by Gasteiger charge is -2.35. The van der Waals surface area contributed by atoms with E-state index in [-0.39, 0.29) is 6.04 Å². The zero-order valence-corrected chi connectivity index (χ0v) is 8.83. The van der Waals surface area contributed by atoms with Crippen molar-refractivity contribution >= 4 is 0 Å². The van der Waals surface area contributed by atoms with E-state index in [1.807, 2.05) is 6.20 Å². The van der Waals surface area contributed by atoms with Gasteiger partial charge in [0.1, 0.15) is 0 Å². The van der Waals surface area contributed by atoms with Crippen LogP contribution in [0.4, 0.5) is 0 Å². The highest BCUT2D eigenvalue weighted by Crippen LogP contribution is 2.29. The molecule has 1 aromatic rings. The van der Waals surface area contributed by atoms with Gasteiger partial charge in [-0.1, -0.05) is 6.92 Å². The second kappa shape index (κ2) is 3.71. The molecular weight excluding hydrogens is 176 g/mol. The average Bonchev–Trinajstić information content (AvgIpc) is 2.64. The summed E-state index contributed by atoms with van der Waals surface area (Å²) in [6.07, 6.45) is 3.98. The van der Waals surface area contributed by atoms with Crippen molar-refractivity contribution in [2.75, 3.05) is 13.6 Å². The lowest BCUT2D eigenvalue weighted by molar-refractivity contribution is 0.196. The molecule has 1 aromatic heterocycles. The van der Waals surface area contributed by atoms with Crippen LogP contribution in [0.15, 0.2) is 6.20 Å². The van der Waals surface area contributed by atoms with Crippen LogP contribution >= 0.6 is 0 Å². The number of aromatic amines is 1. The molecule has 1 aliphatic rings. The first-order chi connectivity index (χ1) is 6.74. The SMILES string of the molecule is CCC(N)C1c2cn[nH]c2CCN1C. The average molecular weight is 194 g/mol. The fourth-order valence-electron chi connectivity index (χ4n) is 2.22. The van der Waals surface area contributed by atoms with E-state index in [1.54, 1.807) is 0 Å². The molecule has 1 aliphatic heterocycles. The van der Waals surface area contributed by atoms with Gasteiger partial charge in [0.15, 0.2) is 0 Å². The van der Waals surface area contributed by atoms with E-state index in [0.29, 0.717) is 6.04 Å². The van der Waals surface area contributed by atoms with Crippen molar-refractivity contribution in [3.05, 3.63) is 17.5 Å². The number of aromatic nitrogens is 2. The number of fused-ring (bicyclic) bond motifs is 1. The molecule has 2 heterocycles. The normalized spacial score (nSPS) is 24.6. The zero-order chi connectivity index (χ0) is 10.1. The number of rotatable bonds is 2. The fraction of sp³-hybridized carbons (Fsp3) is 0.700. The number of H-pyrrole nitrogens is 1. The van der Waals surface area contributed by atoms with E-state index in [1.165, 1.54) is 11.3 Å². The number of hydrogen-bond donors (Lipinski definition) is 2. The van der Waals surface area contributed by atoms with Gasteiger partial charge in [-0.15, -0.1) is 0 Å². The standard InChI is InChI=1S/C10H18N4/c1-3-8(11)10-7-6-12-13-9(7)4-5-14(10)2/h6,8,10H,3-5,11H2,1-2H3,(H,12,13). The molecule has 2 rings (SSSR count). The molecule has 0 aliphatic carbocycles. The Kier molecular flexibility index (Phi) is 2.56. The van der Waals surface area contributed by atoms with Gasteiger partial charge in [-0.05, 0) is 13.5 Å². The largest absolute Gasteiger partial charge is 0.326 e. The minimum atomic E-state index is 0.205. The Hall–Kier alpha value is -0.870. The van der Waals surface area contributed by atoms with Crippen LogP contribution in [0.5, 0.6) is 0 Å². The molecule has 0 saturated heterocycles. The van der Waals surface area contributed by atoms with Crippen LogP contribution in [0.3, 0.4) is 0 Å². The molecule has 3 N–H and O–H groups in total. The molecule has 78 valence electrons. The number of hydrogen-bond acceptors (Lipinski definition) is 3. The smallest absolute Gasteiger partial charge is 0.0538 e. The molecule has 0 bridgehead atoms. The lowest BCUT2D eigenvalue weighted by Crippen LogP contribution is -2.42. The molecule has 0 spiro atoms. The summed E-state index contributed by atoms with van der Waals surface area (Å²) in [5.74, 6) is 0. The number of nitrogens with zero attached hydrogens (tertiary/aromatic N) is 2. The molecule has 4 nitrogen and oxygen atoms in total. The van der Waals surface area contributed by atoms with Gasteiger partial charge in [-0.3, -0.25) is 10.00 Å². The van der Waals surface area contributed by atoms with E-state index in [2.05, 4.69) is 29.1 Å². The summed E-state index contributed by atoms with van der Waals surface area (Å²) in [5, 5.41) is 7.15. The Morgan fingerprint density at radius 3 is 3.29 bits per heavy atom. The third-order valence-corrected chi connectivity index (χ3v) is 3.14. The van der Waals surface area contributed by atoms with E-state index >= 15 is 0 Å². The van der Waals surface area contributed by atoms with Crippen molar-refractivity contribution in [3.63, 3.8) is 0 Å². The van der Waals surface area contributed by atoms with Crippen LogP contribution in [-0.2, 0) is 6.42 Å². The lowest BCUT2D eigenvalue weighted by atomic mass is 9.93. The first-order valence-electron chi connectivity index (χ1n) is 5.22. The third kappa shape index (κ3) is 1.44. The van der Waals surface area contributed by atoms with Gasteiger partial charge in [-0.25, -0.2) is 0 Å². The summed E-state index contributed by atoms with van der Waals surface area (Å²) in [4.78, 5) is 2.33. The zero-order valence-electron chi connectivity index (χ0n) is 8.83. The fourth-order valence-corrected chi connectivity index (χ4v) is 2.22. The summed E-state index contributed by atoms with van der Waals surface area (Å²) in [5.41, 5.74) is 8.68. The minimum absolute atomic E-state index is 0.205. The number of likely N-dealkylation sites (N-methyl/N-ethyl adjacent to an activating group) is 1. The quantitative estimate of drug-likeness (QED) is 0.727. The maximum atomic E-state index is 6.13. The Labute approximate surface area is 84.5 Å². The highest BCUT2D eigenvalue weighted by atomic mass is 15.2. The summed E-state index contributed by atoms with van der Waals surface area (Å²) < 4.78 is 0. The van der Waals surface area contributed by atoms with Crippen LogP contribution in [0, 0.1) is 0 Å². The predicted molar refractivity (Wildman–Crippen MR) is 55.9 cm³/mol. The molecular formula is C10H18N4. The van der Waals surface area contributed by atoms with E-state index in [0.717, 1.165) is 19.4 Å². The van der Waals surface area contributed by atoms with E-state index in [9.17, 15) is 0 Å². The molecule has 0 saturated carbocycles. The summed E-state index contributed by atoms with van der Waals surface area (Å²) in [6.45, 7) is 3.19. The summed E-state index contributed by atoms with van der Waals surface area (Å²) in [7, 11) is 2.14. The van der Waals surface area contributed by atoms with Crippen molar-refractivity contribution in [1.82, 2.24) is 15.1 Å². The molecule has 4 heteroatoms. The Balaban J connectivity index is 2.31. The number of nitrogens with one attached hydrogen (secondary N) is 1. The minimum Gasteiger partial charge on any atom is -0.326 e. The molecule has 2 unspecified atom stereocenters. The van der Waals surface area contributed by atoms with Crippen molar-refractivity contribution in [3.8, 4) is 0 Å². The first-order valence-corrected chi connectivity index (χ1v) is 5.22. The van der Waals surface area contributed by atoms with Gasteiger partial charge in [0.2, 0.25) is 0 Å². The molecule has 0 amide bonds. The third-order valence-electron chi connectivity index (χ3n) is 3.14. The summed E-state index contributed by atoms with van der Waals surface area (Å²) in [6, 6.07) is 0.541. The molecule has 2 atom stereocenters. The van der Waals surface area contributed by atoms with E-state index in [4.69, 9.17) is 5.73 Å². The van der Waals surface area contributed by atoms with Gasteiger partial charge < -0.3 is 5.73 Å². The van der Waals surface area contributed by atoms with Crippen LogP contribution in [0.25, 0.3) is 0 Å². The van der Waals surface area contributed by atoms with Crippen molar-refractivity contribution in [2.24, 2.45) is 5.73 Å². The number of nitrogens with two attached hydrogens (primary N) is 1. The molecule has 0 aromatic carbocycles. The van der Waals surface area contributed by atoms with Crippen LogP contribution in [0.2, 0.25) is 0 Å². The maximum absolute atomic E-state index is 6.13. The Morgan fingerprint density at radius 1 is 1.79 bits per heavy atom. The summed E-state index contributed by atoms with van der Waals surface area (Å²) >= 11 is 0. The molecule has 0 fully saturated rings. The molecule has 14 heavy (non-hydrogen) atoms. The van der Waals surface area contributed by atoms with Crippen LogP contribution < -0.4 is 5.73 Å². The van der Waals surface area contributed by atoms with Crippen molar-refractivity contribution in [2.45, 2.75) is 31.8 Å².